The van der Waals surface area contributed by atoms with Crippen LogP contribution >= 0.6 is 12.2 Å². The van der Waals surface area contributed by atoms with Crippen LogP contribution in [0.2, 0.25) is 0 Å². The van der Waals surface area contributed by atoms with Crippen LogP contribution in [-0.4, -0.2) is 32.8 Å². The molecule has 1 fully saturated rings. The molecular formula is C12H20N4S. The lowest BCUT2D eigenvalue weighted by molar-refractivity contribution is 0.197. The molecule has 1 unspecified atom stereocenters. The van der Waals surface area contributed by atoms with Crippen molar-refractivity contribution in [1.29, 1.82) is 0 Å². The Morgan fingerprint density at radius 2 is 2.47 bits per heavy atom. The zero-order valence-corrected chi connectivity index (χ0v) is 11.1. The molecule has 1 aliphatic rings. The van der Waals surface area contributed by atoms with Gasteiger partial charge in [0.2, 0.25) is 0 Å². The molecule has 17 heavy (non-hydrogen) atoms. The molecule has 0 amide bonds. The summed E-state index contributed by atoms with van der Waals surface area (Å²) in [6.45, 7) is 6.11. The van der Waals surface area contributed by atoms with Crippen molar-refractivity contribution >= 4 is 17.2 Å². The highest BCUT2D eigenvalue weighted by Crippen LogP contribution is 2.18. The summed E-state index contributed by atoms with van der Waals surface area (Å²) in [5.74, 6) is 0.389. The normalized spacial score (nSPS) is 21.6. The Bertz CT molecular complexity index is 388. The van der Waals surface area contributed by atoms with Crippen LogP contribution in [-0.2, 0) is 13.1 Å². The number of aromatic nitrogens is 2. The second-order valence-corrected chi connectivity index (χ2v) is 5.15. The zero-order chi connectivity index (χ0) is 12.3. The highest BCUT2D eigenvalue weighted by molar-refractivity contribution is 7.80. The third-order valence-corrected chi connectivity index (χ3v) is 3.66. The topological polar surface area (TPSA) is 47.1 Å². The summed E-state index contributed by atoms with van der Waals surface area (Å²) in [5, 5.41) is 4.29. The summed E-state index contributed by atoms with van der Waals surface area (Å²) in [7, 11) is 0. The minimum absolute atomic E-state index is 0.389. The van der Waals surface area contributed by atoms with E-state index in [9.17, 15) is 0 Å². The van der Waals surface area contributed by atoms with Crippen molar-refractivity contribution < 1.29 is 0 Å². The molecular weight excluding hydrogens is 232 g/mol. The summed E-state index contributed by atoms with van der Waals surface area (Å²) in [6.07, 6.45) is 6.39. The van der Waals surface area contributed by atoms with E-state index in [4.69, 9.17) is 18.0 Å². The van der Waals surface area contributed by atoms with Gasteiger partial charge in [-0.15, -0.1) is 0 Å². The van der Waals surface area contributed by atoms with Crippen LogP contribution in [0.15, 0.2) is 12.4 Å². The number of hydrogen-bond acceptors (Lipinski definition) is 3. The van der Waals surface area contributed by atoms with Gasteiger partial charge in [-0.05, 0) is 26.3 Å². The molecule has 0 aliphatic carbocycles. The van der Waals surface area contributed by atoms with Crippen LogP contribution in [0.1, 0.15) is 25.3 Å². The van der Waals surface area contributed by atoms with Gasteiger partial charge in [0, 0.05) is 37.3 Å². The molecule has 1 saturated heterocycles. The van der Waals surface area contributed by atoms with E-state index in [1.165, 1.54) is 12.0 Å². The molecule has 1 aromatic heterocycles. The maximum atomic E-state index is 5.74. The van der Waals surface area contributed by atoms with Crippen LogP contribution < -0.4 is 5.73 Å². The van der Waals surface area contributed by atoms with Gasteiger partial charge in [0.05, 0.1) is 11.2 Å². The van der Waals surface area contributed by atoms with E-state index in [0.29, 0.717) is 10.9 Å². The largest absolute Gasteiger partial charge is 0.393 e. The molecule has 2 heterocycles. The minimum atomic E-state index is 0.389. The van der Waals surface area contributed by atoms with Gasteiger partial charge < -0.3 is 5.73 Å². The summed E-state index contributed by atoms with van der Waals surface area (Å²) >= 11 is 5.09. The molecule has 1 aromatic rings. The molecule has 1 atom stereocenters. The molecule has 2 rings (SSSR count). The highest BCUT2D eigenvalue weighted by Gasteiger charge is 2.21. The number of aryl methyl sites for hydroxylation is 1. The third kappa shape index (κ3) is 3.26. The first-order chi connectivity index (χ1) is 8.19. The Kier molecular flexibility index (Phi) is 4.12. The maximum Gasteiger partial charge on any atom is 0.0771 e. The number of nitrogens with zero attached hydrogens (tertiary/aromatic N) is 3. The maximum absolute atomic E-state index is 5.74. The van der Waals surface area contributed by atoms with Gasteiger partial charge in [-0.3, -0.25) is 9.58 Å². The zero-order valence-electron chi connectivity index (χ0n) is 10.3. The van der Waals surface area contributed by atoms with Crippen molar-refractivity contribution in [2.75, 3.05) is 13.1 Å². The minimum Gasteiger partial charge on any atom is -0.393 e. The fraction of sp³-hybridized carbons (Fsp3) is 0.667. The van der Waals surface area contributed by atoms with Crippen LogP contribution in [0.4, 0.5) is 0 Å². The first-order valence-corrected chi connectivity index (χ1v) is 6.63. The second-order valence-electron chi connectivity index (χ2n) is 4.68. The molecule has 94 valence electrons. The van der Waals surface area contributed by atoms with Crippen LogP contribution in [0.5, 0.6) is 0 Å². The molecule has 0 spiro atoms. The van der Waals surface area contributed by atoms with Crippen molar-refractivity contribution in [3.8, 4) is 0 Å². The van der Waals surface area contributed by atoms with Crippen molar-refractivity contribution in [2.24, 2.45) is 11.7 Å². The predicted molar refractivity (Wildman–Crippen MR) is 72.7 cm³/mol. The molecule has 2 N–H and O–H groups in total. The fourth-order valence-electron chi connectivity index (χ4n) is 2.35. The summed E-state index contributed by atoms with van der Waals surface area (Å²) < 4.78 is 1.96. The summed E-state index contributed by atoms with van der Waals surface area (Å²) in [4.78, 5) is 3.09. The first kappa shape index (κ1) is 12.5. The monoisotopic (exact) mass is 252 g/mol. The predicted octanol–water partition coefficient (Wildman–Crippen LogP) is 1.40. The fourth-order valence-corrected chi connectivity index (χ4v) is 2.54. The second kappa shape index (κ2) is 5.60. The molecule has 0 aromatic carbocycles. The number of piperidine rings is 1. The highest BCUT2D eigenvalue weighted by atomic mass is 32.1. The Morgan fingerprint density at radius 1 is 1.65 bits per heavy atom. The van der Waals surface area contributed by atoms with Gasteiger partial charge in [0.1, 0.15) is 0 Å². The van der Waals surface area contributed by atoms with Crippen molar-refractivity contribution in [2.45, 2.75) is 32.9 Å². The van der Waals surface area contributed by atoms with Gasteiger partial charge in [-0.2, -0.15) is 5.10 Å². The molecule has 4 nitrogen and oxygen atoms in total. The first-order valence-electron chi connectivity index (χ1n) is 6.22. The van der Waals surface area contributed by atoms with Crippen LogP contribution in [0, 0.1) is 5.92 Å². The standard InChI is InChI=1S/C12H20N4S/c1-2-16-8-10(6-14-16)7-15-5-3-4-11(9-15)12(13)17/h6,8,11H,2-5,7,9H2,1H3,(H2,13,17). The molecule has 5 heteroatoms. The van der Waals surface area contributed by atoms with E-state index < -0.39 is 0 Å². The molecule has 1 aliphatic heterocycles. The smallest absolute Gasteiger partial charge is 0.0771 e. The Morgan fingerprint density at radius 3 is 3.12 bits per heavy atom. The lowest BCUT2D eigenvalue weighted by Crippen LogP contribution is -2.39. The molecule has 0 saturated carbocycles. The Balaban J connectivity index is 1.92. The van der Waals surface area contributed by atoms with E-state index in [0.717, 1.165) is 32.6 Å². The average Bonchev–Trinajstić information content (AvgIpc) is 2.77. The van der Waals surface area contributed by atoms with Gasteiger partial charge in [0.25, 0.3) is 0 Å². The van der Waals surface area contributed by atoms with E-state index in [-0.39, 0.29) is 0 Å². The van der Waals surface area contributed by atoms with E-state index in [1.807, 2.05) is 10.9 Å². The number of thiocarbonyl (C=S) groups is 1. The van der Waals surface area contributed by atoms with Gasteiger partial charge in [-0.1, -0.05) is 12.2 Å². The van der Waals surface area contributed by atoms with Crippen molar-refractivity contribution in [3.05, 3.63) is 18.0 Å². The van der Waals surface area contributed by atoms with E-state index in [2.05, 4.69) is 23.1 Å². The van der Waals surface area contributed by atoms with E-state index in [1.54, 1.807) is 0 Å². The van der Waals surface area contributed by atoms with Gasteiger partial charge >= 0.3 is 0 Å². The lowest BCUT2D eigenvalue weighted by atomic mass is 9.98. The lowest BCUT2D eigenvalue weighted by Gasteiger charge is -2.31. The quantitative estimate of drug-likeness (QED) is 0.823. The summed E-state index contributed by atoms with van der Waals surface area (Å²) in [6, 6.07) is 0. The molecule has 0 bridgehead atoms. The number of rotatable bonds is 4. The van der Waals surface area contributed by atoms with Gasteiger partial charge in [0.15, 0.2) is 0 Å². The van der Waals surface area contributed by atoms with E-state index >= 15 is 0 Å². The van der Waals surface area contributed by atoms with Crippen LogP contribution in [0.3, 0.4) is 0 Å². The third-order valence-electron chi connectivity index (χ3n) is 3.32. The number of hydrogen-bond donors (Lipinski definition) is 1. The SMILES string of the molecule is CCn1cc(CN2CCCC(C(N)=S)C2)cn1. The molecule has 0 radical (unpaired) electrons. The summed E-state index contributed by atoms with van der Waals surface area (Å²) in [5.41, 5.74) is 7.01. The Labute approximate surface area is 108 Å². The number of nitrogens with two attached hydrogens (primary N) is 1. The van der Waals surface area contributed by atoms with Crippen LogP contribution in [0.25, 0.3) is 0 Å². The van der Waals surface area contributed by atoms with Crippen molar-refractivity contribution in [3.63, 3.8) is 0 Å². The Hall–Kier alpha value is -0.940. The average molecular weight is 252 g/mol. The van der Waals surface area contributed by atoms with Gasteiger partial charge in [-0.25, -0.2) is 0 Å². The van der Waals surface area contributed by atoms with Crippen molar-refractivity contribution in [1.82, 2.24) is 14.7 Å². The number of likely N-dealkylation sites (tertiary alicyclic amines) is 1.